The second-order valence-electron chi connectivity index (χ2n) is 8.72. The maximum atomic E-state index is 7.12. The summed E-state index contributed by atoms with van der Waals surface area (Å²) in [5, 5.41) is 2.77. The molecule has 0 aromatic heterocycles. The van der Waals surface area contributed by atoms with Crippen LogP contribution in [0.1, 0.15) is 40.5 Å². The van der Waals surface area contributed by atoms with E-state index in [1.54, 1.807) is 0 Å². The van der Waals surface area contributed by atoms with Crippen LogP contribution in [0.2, 0.25) is 5.04 Å². The normalized spacial score (nSPS) is 21.2. The quantitative estimate of drug-likeness (QED) is 0.487. The summed E-state index contributed by atoms with van der Waals surface area (Å²) in [6.45, 7) is 13.2. The first-order valence-electron chi connectivity index (χ1n) is 9.80. The first kappa shape index (κ1) is 19.1. The van der Waals surface area contributed by atoms with E-state index in [0.717, 1.165) is 12.3 Å². The molecule has 0 radical (unpaired) electrons. The third-order valence-electron chi connectivity index (χ3n) is 5.71. The Kier molecular flexibility index (Phi) is 5.54. The molecule has 26 heavy (non-hydrogen) atoms. The maximum Gasteiger partial charge on any atom is 0.261 e. The van der Waals surface area contributed by atoms with E-state index in [9.17, 15) is 0 Å². The van der Waals surface area contributed by atoms with Crippen molar-refractivity contribution in [2.75, 3.05) is 0 Å². The van der Waals surface area contributed by atoms with Crippen LogP contribution in [-0.4, -0.2) is 14.4 Å². The predicted octanol–water partition coefficient (Wildman–Crippen LogP) is 5.16. The third-order valence-corrected chi connectivity index (χ3v) is 10.9. The molecular weight excluding hydrogens is 332 g/mol. The van der Waals surface area contributed by atoms with Gasteiger partial charge in [-0.2, -0.15) is 0 Å². The van der Waals surface area contributed by atoms with Gasteiger partial charge in [0.1, 0.15) is 0 Å². The molecule has 2 aromatic rings. The predicted molar refractivity (Wildman–Crippen MR) is 115 cm³/mol. The molecule has 0 bridgehead atoms. The van der Waals surface area contributed by atoms with Crippen LogP contribution in [0.5, 0.6) is 0 Å². The highest BCUT2D eigenvalue weighted by atomic mass is 28.4. The van der Waals surface area contributed by atoms with Crippen molar-refractivity contribution in [3.63, 3.8) is 0 Å². The lowest BCUT2D eigenvalue weighted by molar-refractivity contribution is 0.188. The third kappa shape index (κ3) is 3.72. The summed E-state index contributed by atoms with van der Waals surface area (Å²) in [4.78, 5) is 0. The highest BCUT2D eigenvalue weighted by Gasteiger charge is 2.51. The van der Waals surface area contributed by atoms with Gasteiger partial charge in [0.2, 0.25) is 0 Å². The monoisotopic (exact) mass is 364 g/mol. The largest absolute Gasteiger partial charge is 0.405 e. The minimum atomic E-state index is -2.41. The number of hydrogen-bond donors (Lipinski definition) is 0. The van der Waals surface area contributed by atoms with Crippen LogP contribution in [0.4, 0.5) is 0 Å². The Morgan fingerprint density at radius 3 is 1.92 bits per heavy atom. The van der Waals surface area contributed by atoms with Crippen LogP contribution in [0, 0.1) is 11.8 Å². The van der Waals surface area contributed by atoms with Gasteiger partial charge in [0.05, 0.1) is 0 Å². The van der Waals surface area contributed by atoms with Gasteiger partial charge in [0.25, 0.3) is 8.32 Å². The van der Waals surface area contributed by atoms with Gasteiger partial charge in [-0.05, 0) is 47.0 Å². The number of allylic oxidation sites excluding steroid dienone is 1. The van der Waals surface area contributed by atoms with E-state index < -0.39 is 8.32 Å². The first-order chi connectivity index (χ1) is 12.4. The fraction of sp³-hybridized carbons (Fsp3) is 0.417. The summed E-state index contributed by atoms with van der Waals surface area (Å²) in [5.74, 6) is 1.45. The van der Waals surface area contributed by atoms with Gasteiger partial charge in [-0.1, -0.05) is 87.5 Å². The van der Waals surface area contributed by atoms with Crippen molar-refractivity contribution >= 4 is 18.7 Å². The molecule has 0 aliphatic heterocycles. The summed E-state index contributed by atoms with van der Waals surface area (Å²) in [5.41, 5.74) is 0. The van der Waals surface area contributed by atoms with Crippen molar-refractivity contribution < 1.29 is 4.43 Å². The Morgan fingerprint density at radius 2 is 1.54 bits per heavy atom. The zero-order valence-corrected chi connectivity index (χ0v) is 17.6. The van der Waals surface area contributed by atoms with Gasteiger partial charge in [-0.25, -0.2) is 0 Å². The molecule has 1 fully saturated rings. The summed E-state index contributed by atoms with van der Waals surface area (Å²) >= 11 is 0. The molecule has 1 aliphatic carbocycles. The van der Waals surface area contributed by atoms with E-state index in [1.807, 2.05) is 0 Å². The minimum Gasteiger partial charge on any atom is -0.405 e. The Hall–Kier alpha value is -1.64. The zero-order chi connectivity index (χ0) is 18.8. The highest BCUT2D eigenvalue weighted by molar-refractivity contribution is 6.99. The van der Waals surface area contributed by atoms with Gasteiger partial charge in [0, 0.05) is 6.10 Å². The fourth-order valence-corrected chi connectivity index (χ4v) is 9.01. The molecule has 3 rings (SSSR count). The smallest absolute Gasteiger partial charge is 0.261 e. The van der Waals surface area contributed by atoms with Gasteiger partial charge in [-0.3, -0.25) is 0 Å². The fourth-order valence-electron chi connectivity index (χ4n) is 4.30. The molecule has 1 saturated carbocycles. The SMILES string of the molecule is C=C[C@H]1C[C@@H]1C[C@H](C)O[Si](c1ccccc1)(c1ccccc1)C(C)(C)C. The number of hydrogen-bond acceptors (Lipinski definition) is 1. The second kappa shape index (κ2) is 7.54. The van der Waals surface area contributed by atoms with Gasteiger partial charge < -0.3 is 4.43 Å². The molecule has 2 heteroatoms. The lowest BCUT2D eigenvalue weighted by Crippen LogP contribution is -2.67. The second-order valence-corrected chi connectivity index (χ2v) is 13.0. The first-order valence-corrected chi connectivity index (χ1v) is 11.7. The van der Waals surface area contributed by atoms with Crippen molar-refractivity contribution in [2.24, 2.45) is 11.8 Å². The van der Waals surface area contributed by atoms with E-state index >= 15 is 0 Å². The van der Waals surface area contributed by atoms with Crippen molar-refractivity contribution in [2.45, 2.75) is 51.7 Å². The zero-order valence-electron chi connectivity index (χ0n) is 16.6. The summed E-state index contributed by atoms with van der Waals surface area (Å²) in [7, 11) is -2.41. The molecular formula is C24H32OSi. The van der Waals surface area contributed by atoms with Crippen molar-refractivity contribution in [3.05, 3.63) is 73.3 Å². The van der Waals surface area contributed by atoms with Crippen molar-refractivity contribution in [3.8, 4) is 0 Å². The molecule has 1 nitrogen and oxygen atoms in total. The summed E-state index contributed by atoms with van der Waals surface area (Å²) in [6, 6.07) is 21.8. The van der Waals surface area contributed by atoms with E-state index in [2.05, 4.69) is 101 Å². The van der Waals surface area contributed by atoms with E-state index in [-0.39, 0.29) is 11.1 Å². The average molecular weight is 365 g/mol. The highest BCUT2D eigenvalue weighted by Crippen LogP contribution is 2.44. The van der Waals surface area contributed by atoms with Crippen LogP contribution in [0.15, 0.2) is 73.3 Å². The molecule has 0 unspecified atom stereocenters. The van der Waals surface area contributed by atoms with Crippen LogP contribution in [-0.2, 0) is 4.43 Å². The van der Waals surface area contributed by atoms with Crippen LogP contribution < -0.4 is 10.4 Å². The number of rotatable bonds is 7. The molecule has 0 saturated heterocycles. The molecule has 0 amide bonds. The average Bonchev–Trinajstić information content (AvgIpc) is 3.38. The van der Waals surface area contributed by atoms with Crippen LogP contribution >= 0.6 is 0 Å². The molecule has 0 heterocycles. The van der Waals surface area contributed by atoms with Gasteiger partial charge >= 0.3 is 0 Å². The maximum absolute atomic E-state index is 7.12. The summed E-state index contributed by atoms with van der Waals surface area (Å²) < 4.78 is 7.12. The minimum absolute atomic E-state index is 0.0470. The van der Waals surface area contributed by atoms with Crippen molar-refractivity contribution in [1.82, 2.24) is 0 Å². The van der Waals surface area contributed by atoms with Crippen molar-refractivity contribution in [1.29, 1.82) is 0 Å². The van der Waals surface area contributed by atoms with Crippen LogP contribution in [0.3, 0.4) is 0 Å². The lowest BCUT2D eigenvalue weighted by atomic mass is 10.2. The Labute approximate surface area is 160 Å². The number of benzene rings is 2. The van der Waals surface area contributed by atoms with E-state index in [4.69, 9.17) is 4.43 Å². The van der Waals surface area contributed by atoms with E-state index in [1.165, 1.54) is 16.8 Å². The Balaban J connectivity index is 2.01. The van der Waals surface area contributed by atoms with Gasteiger partial charge in [-0.15, -0.1) is 6.58 Å². The Morgan fingerprint density at radius 1 is 1.04 bits per heavy atom. The Bertz CT molecular complexity index is 677. The molecule has 3 atom stereocenters. The van der Waals surface area contributed by atoms with Gasteiger partial charge in [0.15, 0.2) is 0 Å². The molecule has 1 aliphatic rings. The topological polar surface area (TPSA) is 9.23 Å². The van der Waals surface area contributed by atoms with E-state index in [0.29, 0.717) is 5.92 Å². The molecule has 138 valence electrons. The van der Waals surface area contributed by atoms with Crippen LogP contribution in [0.25, 0.3) is 0 Å². The molecule has 0 spiro atoms. The lowest BCUT2D eigenvalue weighted by Gasteiger charge is -2.44. The standard InChI is InChI=1S/C24H32OSi/c1-6-20-18-21(20)17-19(2)25-26(24(3,4)5,22-13-9-7-10-14-22)23-15-11-8-12-16-23/h6-16,19-21H,1,17-18H2,2-5H3/t19-,20-,21-/m0/s1. The summed E-state index contributed by atoms with van der Waals surface area (Å²) in [6.07, 6.45) is 4.76. The molecule has 0 N–H and O–H groups in total. The molecule has 2 aromatic carbocycles.